The lowest BCUT2D eigenvalue weighted by Crippen LogP contribution is -2.37. The predicted octanol–water partition coefficient (Wildman–Crippen LogP) is 11.7. The van der Waals surface area contributed by atoms with E-state index >= 15 is 0 Å². The summed E-state index contributed by atoms with van der Waals surface area (Å²) < 4.78 is 34.1. The first-order valence-electron chi connectivity index (χ1n) is 22.5. The van der Waals surface area contributed by atoms with Crippen molar-refractivity contribution < 1.29 is 47.2 Å². The number of quaternary nitrogens is 1. The molecule has 0 aromatic rings. The van der Waals surface area contributed by atoms with Gasteiger partial charge in [-0.2, -0.15) is 0 Å². The van der Waals surface area contributed by atoms with Crippen LogP contribution in [0.4, 0.5) is 0 Å². The van der Waals surface area contributed by atoms with Crippen LogP contribution in [0.2, 0.25) is 0 Å². The lowest BCUT2D eigenvalue weighted by atomic mass is 10.1. The van der Waals surface area contributed by atoms with Gasteiger partial charge in [-0.15, -0.1) is 0 Å². The van der Waals surface area contributed by atoms with Crippen molar-refractivity contribution in [2.45, 2.75) is 187 Å². The second-order valence-electron chi connectivity index (χ2n) is 16.3. The van der Waals surface area contributed by atoms with Crippen LogP contribution in [0.3, 0.4) is 0 Å². The van der Waals surface area contributed by atoms with Gasteiger partial charge in [0.25, 0.3) is 0 Å². The standard InChI is InChI=1S/C46H84NO9P/c1-6-8-10-12-14-16-18-20-21-23-25-27-29-31-33-37-45(49)53-41-44(42-55-57(51,52)54-40-39-47(3,4)5)56-46(50)38-34-36-43(48)35-32-30-28-26-24-22-19-17-15-13-11-9-7-2/h20-22,24,28,30,32,35,43-44,48H,6-19,23,25-27,29,31,33-34,36-42H2,1-5H3/p+1/b21-20-,24-22+,30-28+,35-32+/t43?,44-/m1/s1. The van der Waals surface area contributed by atoms with Crippen LogP contribution in [0, 0.1) is 0 Å². The molecule has 2 N–H and O–H groups in total. The molecule has 10 nitrogen and oxygen atoms in total. The third-order valence-corrected chi connectivity index (χ3v) is 10.4. The normalized spacial score (nSPS) is 14.6. The van der Waals surface area contributed by atoms with Crippen molar-refractivity contribution in [2.75, 3.05) is 47.5 Å². The third-order valence-electron chi connectivity index (χ3n) is 9.44. The molecule has 0 bridgehead atoms. The molecule has 332 valence electrons. The number of rotatable bonds is 40. The molecule has 0 radical (unpaired) electrons. The molecule has 0 amide bonds. The molecule has 0 rings (SSSR count). The number of carbonyl (C=O) groups excluding carboxylic acids is 2. The van der Waals surface area contributed by atoms with E-state index < -0.39 is 38.6 Å². The average molecular weight is 827 g/mol. The number of unbranched alkanes of at least 4 members (excludes halogenated alkanes) is 17. The summed E-state index contributed by atoms with van der Waals surface area (Å²) in [5, 5.41) is 10.3. The van der Waals surface area contributed by atoms with Crippen molar-refractivity contribution in [3.05, 3.63) is 48.6 Å². The lowest BCUT2D eigenvalue weighted by molar-refractivity contribution is -0.870. The Hall–Kier alpha value is -2.07. The Morgan fingerprint density at radius 3 is 1.74 bits per heavy atom. The zero-order valence-electron chi connectivity index (χ0n) is 36.9. The average Bonchev–Trinajstić information content (AvgIpc) is 3.15. The molecule has 0 spiro atoms. The van der Waals surface area contributed by atoms with Gasteiger partial charge in [0.1, 0.15) is 19.8 Å². The molecular formula is C46H85NO9P+. The van der Waals surface area contributed by atoms with Gasteiger partial charge in [-0.3, -0.25) is 18.6 Å². The van der Waals surface area contributed by atoms with Gasteiger partial charge in [-0.1, -0.05) is 146 Å². The second kappa shape index (κ2) is 38.2. The molecular weight excluding hydrogens is 741 g/mol. The highest BCUT2D eigenvalue weighted by molar-refractivity contribution is 7.47. The second-order valence-corrected chi connectivity index (χ2v) is 17.7. The number of phosphoric acid groups is 1. The fourth-order valence-electron chi connectivity index (χ4n) is 5.84. The van der Waals surface area contributed by atoms with Crippen molar-refractivity contribution >= 4 is 19.8 Å². The fourth-order valence-corrected chi connectivity index (χ4v) is 6.58. The van der Waals surface area contributed by atoms with Crippen LogP contribution >= 0.6 is 7.82 Å². The fraction of sp³-hybridized carbons (Fsp3) is 0.783. The van der Waals surface area contributed by atoms with E-state index in [0.29, 0.717) is 30.3 Å². The molecule has 0 aromatic carbocycles. The Morgan fingerprint density at radius 1 is 0.632 bits per heavy atom. The molecule has 0 heterocycles. The Labute approximate surface area is 348 Å². The van der Waals surface area contributed by atoms with E-state index in [0.717, 1.165) is 44.9 Å². The van der Waals surface area contributed by atoms with Crippen LogP contribution in [-0.4, -0.2) is 86.1 Å². The van der Waals surface area contributed by atoms with E-state index in [2.05, 4.69) is 38.2 Å². The molecule has 57 heavy (non-hydrogen) atoms. The summed E-state index contributed by atoms with van der Waals surface area (Å²) in [6, 6.07) is 0. The van der Waals surface area contributed by atoms with Crippen LogP contribution in [-0.2, 0) is 32.7 Å². The Kier molecular flexibility index (Phi) is 36.8. The van der Waals surface area contributed by atoms with E-state index in [4.69, 9.17) is 18.5 Å². The van der Waals surface area contributed by atoms with Gasteiger partial charge in [-0.25, -0.2) is 4.57 Å². The largest absolute Gasteiger partial charge is 0.472 e. The van der Waals surface area contributed by atoms with Crippen LogP contribution in [0.15, 0.2) is 48.6 Å². The van der Waals surface area contributed by atoms with Crippen molar-refractivity contribution in [3.8, 4) is 0 Å². The number of nitrogens with zero attached hydrogens (tertiary/aromatic N) is 1. The minimum absolute atomic E-state index is 0.00437. The number of hydrogen-bond acceptors (Lipinski definition) is 8. The molecule has 3 atom stereocenters. The van der Waals surface area contributed by atoms with Crippen LogP contribution in [0.5, 0.6) is 0 Å². The molecule has 0 saturated carbocycles. The van der Waals surface area contributed by atoms with Gasteiger partial charge >= 0.3 is 19.8 Å². The minimum atomic E-state index is -4.43. The summed E-state index contributed by atoms with van der Waals surface area (Å²) in [5.74, 6) is -1.01. The number of phosphoric ester groups is 1. The van der Waals surface area contributed by atoms with E-state index in [1.165, 1.54) is 83.5 Å². The van der Waals surface area contributed by atoms with Gasteiger partial charge in [0, 0.05) is 12.8 Å². The lowest BCUT2D eigenvalue weighted by Gasteiger charge is -2.24. The van der Waals surface area contributed by atoms with Crippen LogP contribution in [0.1, 0.15) is 174 Å². The smallest absolute Gasteiger partial charge is 0.462 e. The summed E-state index contributed by atoms with van der Waals surface area (Å²) >= 11 is 0. The SMILES string of the molecule is CCCCCCCC/C=C\CCCCCCCC(=O)OC[C@H](COP(=O)(O)OCC[N+](C)(C)C)OC(=O)CCCC(O)/C=C/C=C/C/C=C/CCCCCCCC. The number of esters is 2. The summed E-state index contributed by atoms with van der Waals surface area (Å²) in [4.78, 5) is 35.4. The van der Waals surface area contributed by atoms with Crippen molar-refractivity contribution in [1.82, 2.24) is 0 Å². The van der Waals surface area contributed by atoms with E-state index in [-0.39, 0.29) is 26.1 Å². The molecule has 11 heteroatoms. The predicted molar refractivity (Wildman–Crippen MR) is 235 cm³/mol. The highest BCUT2D eigenvalue weighted by atomic mass is 31.2. The van der Waals surface area contributed by atoms with Crippen molar-refractivity contribution in [1.29, 1.82) is 0 Å². The van der Waals surface area contributed by atoms with Gasteiger partial charge in [0.05, 0.1) is 33.9 Å². The summed E-state index contributed by atoms with van der Waals surface area (Å²) in [5.41, 5.74) is 0. The van der Waals surface area contributed by atoms with Gasteiger partial charge in [0.2, 0.25) is 0 Å². The zero-order valence-corrected chi connectivity index (χ0v) is 37.8. The summed E-state index contributed by atoms with van der Waals surface area (Å²) in [6.07, 6.45) is 40.5. The number of aliphatic hydroxyl groups is 1. The number of allylic oxidation sites excluding steroid dienone is 7. The van der Waals surface area contributed by atoms with Crippen molar-refractivity contribution in [3.63, 3.8) is 0 Å². The Bertz CT molecular complexity index is 1130. The minimum Gasteiger partial charge on any atom is -0.462 e. The molecule has 0 fully saturated rings. The first-order valence-corrected chi connectivity index (χ1v) is 24.0. The van der Waals surface area contributed by atoms with E-state index in [1.54, 1.807) is 12.2 Å². The molecule has 0 aromatic heterocycles. The number of carbonyl (C=O) groups is 2. The third kappa shape index (κ3) is 41.9. The summed E-state index contributed by atoms with van der Waals surface area (Å²) in [7, 11) is 1.35. The van der Waals surface area contributed by atoms with E-state index in [1.807, 2.05) is 33.3 Å². The monoisotopic (exact) mass is 827 g/mol. The molecule has 0 aliphatic carbocycles. The molecule has 0 aliphatic rings. The number of aliphatic hydroxyl groups excluding tert-OH is 1. The maximum atomic E-state index is 12.7. The number of likely N-dealkylation sites (N-methyl/N-ethyl adjacent to an activating group) is 1. The maximum Gasteiger partial charge on any atom is 0.472 e. The first-order chi connectivity index (χ1) is 27.4. The van der Waals surface area contributed by atoms with Crippen LogP contribution in [0.25, 0.3) is 0 Å². The van der Waals surface area contributed by atoms with Crippen LogP contribution < -0.4 is 0 Å². The molecule has 0 saturated heterocycles. The maximum absolute atomic E-state index is 12.7. The van der Waals surface area contributed by atoms with Gasteiger partial charge < -0.3 is 24.0 Å². The molecule has 2 unspecified atom stereocenters. The number of hydrogen-bond donors (Lipinski definition) is 2. The van der Waals surface area contributed by atoms with Gasteiger partial charge in [-0.05, 0) is 64.2 Å². The van der Waals surface area contributed by atoms with E-state index in [9.17, 15) is 24.2 Å². The van der Waals surface area contributed by atoms with Crippen molar-refractivity contribution in [2.24, 2.45) is 0 Å². The number of ether oxygens (including phenoxy) is 2. The highest BCUT2D eigenvalue weighted by Crippen LogP contribution is 2.43. The van der Waals surface area contributed by atoms with Gasteiger partial charge in [0.15, 0.2) is 6.10 Å². The Morgan fingerprint density at radius 2 is 1.16 bits per heavy atom. The first kappa shape index (κ1) is 54.9. The highest BCUT2D eigenvalue weighted by Gasteiger charge is 2.27. The molecule has 0 aliphatic heterocycles. The summed E-state index contributed by atoms with van der Waals surface area (Å²) in [6.45, 7) is 4.17. The quantitative estimate of drug-likeness (QED) is 0.0155. The topological polar surface area (TPSA) is 129 Å². The zero-order chi connectivity index (χ0) is 42.3. The Balaban J connectivity index is 4.56.